The van der Waals surface area contributed by atoms with Crippen molar-refractivity contribution in [2.45, 2.75) is 75.4 Å². The summed E-state index contributed by atoms with van der Waals surface area (Å²) in [6.07, 6.45) is 13.6. The molecule has 2 saturated carbocycles. The van der Waals surface area contributed by atoms with Crippen LogP contribution in [0.5, 0.6) is 11.8 Å². The third-order valence-electron chi connectivity index (χ3n) is 10.5. The molecule has 2 fully saturated rings. The molecule has 4 aliphatic rings. The monoisotopic (exact) mass is 752 g/mol. The maximum Gasteiger partial charge on any atom is 0.234 e. The maximum atomic E-state index is 9.27. The molecule has 0 unspecified atom stereocenters. The highest BCUT2D eigenvalue weighted by molar-refractivity contribution is 7.24. The molecule has 9 rings (SSSR count). The number of benzene rings is 1. The summed E-state index contributed by atoms with van der Waals surface area (Å²) < 4.78 is 14.1. The molecule has 0 amide bonds. The van der Waals surface area contributed by atoms with Crippen LogP contribution in [0.3, 0.4) is 0 Å². The number of nitrogens with zero attached hydrogens (tertiary/aromatic N) is 6. The van der Waals surface area contributed by atoms with Crippen molar-refractivity contribution in [2.75, 3.05) is 0 Å². The average Bonchev–Trinajstić information content (AvgIpc) is 4.00. The van der Waals surface area contributed by atoms with Crippen molar-refractivity contribution in [2.24, 2.45) is 0 Å². The molecule has 0 bridgehead atoms. The molecule has 12 heteroatoms. The van der Waals surface area contributed by atoms with E-state index in [1.54, 1.807) is 34.8 Å². The quantitative estimate of drug-likeness (QED) is 0.165. The van der Waals surface area contributed by atoms with Gasteiger partial charge in [0.25, 0.3) is 0 Å². The normalized spacial score (nSPS) is 17.0. The topological polar surface area (TPSA) is 139 Å². The number of allylic oxidation sites excluding steroid dienone is 2. The Hall–Kier alpha value is -5.08. The highest BCUT2D eigenvalue weighted by Gasteiger charge is 2.49. The summed E-state index contributed by atoms with van der Waals surface area (Å²) in [6, 6.07) is 20.4. The number of fused-ring (bicyclic) bond motifs is 8. The van der Waals surface area contributed by atoms with Gasteiger partial charge in [-0.25, -0.2) is 9.97 Å². The number of ether oxygens (including phenoxy) is 2. The van der Waals surface area contributed by atoms with Gasteiger partial charge in [0.1, 0.15) is 56.6 Å². The van der Waals surface area contributed by atoms with Crippen LogP contribution in [-0.2, 0) is 11.2 Å². The molecule has 52 heavy (non-hydrogen) atoms. The van der Waals surface area contributed by atoms with E-state index in [4.69, 9.17) is 19.4 Å². The molecule has 0 atom stereocenters. The van der Waals surface area contributed by atoms with Crippen LogP contribution < -0.4 is 9.47 Å². The summed E-state index contributed by atoms with van der Waals surface area (Å²) in [5, 5.41) is 38.8. The van der Waals surface area contributed by atoms with Crippen LogP contribution in [-0.4, -0.2) is 9.97 Å². The fraction of sp³-hybridized carbons (Fsp3) is 0.300. The van der Waals surface area contributed by atoms with Gasteiger partial charge in [0.2, 0.25) is 11.8 Å². The molecular formula is C40H28N6O2S4. The van der Waals surface area contributed by atoms with Gasteiger partial charge < -0.3 is 9.47 Å². The lowest BCUT2D eigenvalue weighted by Gasteiger charge is -2.45. The molecule has 5 aromatic rings. The van der Waals surface area contributed by atoms with Crippen molar-refractivity contribution in [1.29, 1.82) is 21.0 Å². The number of thiazole rings is 2. The number of thiophene rings is 2. The van der Waals surface area contributed by atoms with E-state index in [2.05, 4.69) is 12.1 Å². The zero-order valence-electron chi connectivity index (χ0n) is 27.8. The highest BCUT2D eigenvalue weighted by Crippen LogP contribution is 2.60. The van der Waals surface area contributed by atoms with E-state index in [1.165, 1.54) is 57.8 Å². The summed E-state index contributed by atoms with van der Waals surface area (Å²) in [5.74, 6) is 1.37. The molecule has 2 aliphatic heterocycles. The van der Waals surface area contributed by atoms with Crippen LogP contribution in [0, 0.1) is 45.3 Å². The van der Waals surface area contributed by atoms with Crippen LogP contribution in [0.25, 0.3) is 52.8 Å². The molecule has 4 aromatic heterocycles. The number of aromatic nitrogens is 2. The molecule has 8 nitrogen and oxygen atoms in total. The Bertz CT molecular complexity index is 2300. The largest absolute Gasteiger partial charge is 0.465 e. The fourth-order valence-corrected chi connectivity index (χ4v) is 12.1. The van der Waals surface area contributed by atoms with Crippen LogP contribution in [0.15, 0.2) is 47.5 Å². The summed E-state index contributed by atoms with van der Waals surface area (Å²) in [6.45, 7) is 0. The van der Waals surface area contributed by atoms with Crippen molar-refractivity contribution in [3.8, 4) is 76.7 Å². The Morgan fingerprint density at radius 3 is 1.37 bits per heavy atom. The van der Waals surface area contributed by atoms with E-state index in [9.17, 15) is 21.0 Å². The van der Waals surface area contributed by atoms with Gasteiger partial charge in [0.15, 0.2) is 0 Å². The first kappa shape index (κ1) is 32.8. The van der Waals surface area contributed by atoms with Crippen molar-refractivity contribution in [3.63, 3.8) is 0 Å². The molecule has 254 valence electrons. The van der Waals surface area contributed by atoms with E-state index in [0.29, 0.717) is 11.8 Å². The van der Waals surface area contributed by atoms with Gasteiger partial charge in [-0.3, -0.25) is 0 Å². The SMILES string of the molecule is N#CC(C#N)=Cc1ccc(-c2nc3c(s2)-c2cc4c(cc2C2(CCCCC2)O3)-c2sc(-c3ccc(C=C(C#N)C#N)s3)nc2OC42CCCCC2)s1. The average molecular weight is 753 g/mol. The standard InChI is InChI=1S/C40H28N6O2S4/c41-19-23(20-42)15-25-7-9-31(49-25)37-45-35-33(51-37)27-18-30-28(17-29(27)39(47-35)11-3-1-4-12-39)34-36(48-40(30)13-5-2-6-14-40)46-38(52-34)32-10-8-26(50-32)16-24(21-43)22-44/h7-10,15-18H,1-6,11-14H2. The van der Waals surface area contributed by atoms with Gasteiger partial charge in [-0.05, 0) is 99.9 Å². The Labute approximate surface area is 316 Å². The van der Waals surface area contributed by atoms with Crippen molar-refractivity contribution < 1.29 is 9.47 Å². The Morgan fingerprint density at radius 2 is 0.981 bits per heavy atom. The minimum Gasteiger partial charge on any atom is -0.465 e. The van der Waals surface area contributed by atoms with Crippen LogP contribution in [0.1, 0.15) is 85.1 Å². The molecule has 2 aliphatic carbocycles. The number of hydrogen-bond donors (Lipinski definition) is 0. The van der Waals surface area contributed by atoms with Crippen molar-refractivity contribution >= 4 is 57.5 Å². The Balaban J connectivity index is 1.19. The number of rotatable bonds is 4. The smallest absolute Gasteiger partial charge is 0.234 e. The van der Waals surface area contributed by atoms with Gasteiger partial charge in [-0.2, -0.15) is 21.0 Å². The fourth-order valence-electron chi connectivity index (χ4n) is 8.05. The van der Waals surface area contributed by atoms with E-state index in [0.717, 1.165) is 90.6 Å². The molecule has 2 spiro atoms. The van der Waals surface area contributed by atoms with Crippen LogP contribution in [0.2, 0.25) is 0 Å². The summed E-state index contributed by atoms with van der Waals surface area (Å²) in [4.78, 5) is 15.9. The predicted molar refractivity (Wildman–Crippen MR) is 204 cm³/mol. The molecule has 6 heterocycles. The van der Waals surface area contributed by atoms with Gasteiger partial charge in [0.05, 0.1) is 19.5 Å². The summed E-state index contributed by atoms with van der Waals surface area (Å²) >= 11 is 6.30. The Kier molecular flexibility index (Phi) is 8.11. The molecule has 1 aromatic carbocycles. The van der Waals surface area contributed by atoms with Gasteiger partial charge in [-0.15, -0.1) is 45.3 Å². The maximum absolute atomic E-state index is 9.27. The third kappa shape index (κ3) is 5.38. The lowest BCUT2D eigenvalue weighted by Crippen LogP contribution is -2.40. The molecular weight excluding hydrogens is 725 g/mol. The van der Waals surface area contributed by atoms with Gasteiger partial charge >= 0.3 is 0 Å². The lowest BCUT2D eigenvalue weighted by atomic mass is 9.71. The summed E-state index contributed by atoms with van der Waals surface area (Å²) in [7, 11) is 0. The first-order valence-electron chi connectivity index (χ1n) is 17.3. The van der Waals surface area contributed by atoms with E-state index in [1.807, 2.05) is 48.5 Å². The summed E-state index contributed by atoms with van der Waals surface area (Å²) in [5.41, 5.74) is 4.00. The minimum absolute atomic E-state index is 0.0743. The zero-order valence-corrected chi connectivity index (χ0v) is 31.1. The highest BCUT2D eigenvalue weighted by atomic mass is 32.1. The number of nitriles is 4. The van der Waals surface area contributed by atoms with Crippen LogP contribution >= 0.6 is 45.3 Å². The lowest BCUT2D eigenvalue weighted by molar-refractivity contribution is 0.0163. The first-order valence-corrected chi connectivity index (χ1v) is 20.5. The van der Waals surface area contributed by atoms with Crippen molar-refractivity contribution in [1.82, 2.24) is 9.97 Å². The van der Waals surface area contributed by atoms with E-state index < -0.39 is 11.2 Å². The van der Waals surface area contributed by atoms with Crippen LogP contribution in [0.4, 0.5) is 0 Å². The molecule has 0 saturated heterocycles. The zero-order chi connectivity index (χ0) is 35.5. The second kappa shape index (κ2) is 12.8. The Morgan fingerprint density at radius 1 is 0.577 bits per heavy atom. The van der Waals surface area contributed by atoms with Gasteiger partial charge in [-0.1, -0.05) is 12.8 Å². The number of hydrogen-bond acceptors (Lipinski definition) is 12. The second-order valence-corrected chi connectivity index (χ2v) is 17.8. The van der Waals surface area contributed by atoms with E-state index in [-0.39, 0.29) is 11.1 Å². The molecule has 0 N–H and O–H groups in total. The van der Waals surface area contributed by atoms with E-state index >= 15 is 0 Å². The van der Waals surface area contributed by atoms with Crippen molar-refractivity contribution in [3.05, 3.63) is 68.4 Å². The minimum atomic E-state index is -0.474. The van der Waals surface area contributed by atoms with Gasteiger partial charge in [0, 0.05) is 32.0 Å². The first-order chi connectivity index (χ1) is 25.4. The third-order valence-corrected chi connectivity index (χ3v) is 15.0. The second-order valence-electron chi connectivity index (χ2n) is 13.5. The molecule has 0 radical (unpaired) electrons. The predicted octanol–water partition coefficient (Wildman–Crippen LogP) is 11.4.